The molecule has 9 heteroatoms. The van der Waals surface area contributed by atoms with Crippen LogP contribution in [0.15, 0.2) is 52.9 Å². The molecule has 0 saturated heterocycles. The summed E-state index contributed by atoms with van der Waals surface area (Å²) in [7, 11) is 0. The Bertz CT molecular complexity index is 1310. The van der Waals surface area contributed by atoms with Crippen molar-refractivity contribution in [1.82, 2.24) is 14.8 Å². The molecule has 5 nitrogen and oxygen atoms in total. The summed E-state index contributed by atoms with van der Waals surface area (Å²) in [5.41, 5.74) is 5.63. The van der Waals surface area contributed by atoms with Gasteiger partial charge in [-0.1, -0.05) is 55.0 Å². The van der Waals surface area contributed by atoms with E-state index in [1.54, 1.807) is 33.8 Å². The first-order valence-electron chi connectivity index (χ1n) is 9.99. The highest BCUT2D eigenvalue weighted by Crippen LogP contribution is 2.41. The first-order valence-corrected chi connectivity index (χ1v) is 12.1. The second-order valence-electron chi connectivity index (χ2n) is 7.42. The molecule has 2 heterocycles. The van der Waals surface area contributed by atoms with Gasteiger partial charge < -0.3 is 0 Å². The molecule has 170 valence electrons. The van der Waals surface area contributed by atoms with E-state index in [1.807, 2.05) is 44.3 Å². The molecule has 0 amide bonds. The number of carbonyl (C=O) groups excluding carboxylic acids is 2. The Kier molecular flexibility index (Phi) is 8.21. The molecule has 2 aromatic heterocycles. The third-order valence-corrected chi connectivity index (χ3v) is 7.09. The lowest BCUT2D eigenvalue weighted by Crippen LogP contribution is -1.94. The van der Waals surface area contributed by atoms with Gasteiger partial charge in [0, 0.05) is 27.6 Å². The number of benzene rings is 2. The molecule has 0 spiro atoms. The van der Waals surface area contributed by atoms with Gasteiger partial charge in [0.2, 0.25) is 5.13 Å². The first-order chi connectivity index (χ1) is 15.7. The topological polar surface area (TPSA) is 64.8 Å². The number of thiazole rings is 1. The summed E-state index contributed by atoms with van der Waals surface area (Å²) in [5.74, 6) is -0.259. The zero-order valence-electron chi connectivity index (χ0n) is 18.4. The molecule has 4 aromatic rings. The minimum absolute atomic E-state index is 0.250. The van der Waals surface area contributed by atoms with Crippen molar-refractivity contribution in [3.63, 3.8) is 0 Å². The third kappa shape index (κ3) is 5.97. The van der Waals surface area contributed by atoms with Crippen molar-refractivity contribution < 1.29 is 14.0 Å². The summed E-state index contributed by atoms with van der Waals surface area (Å²) < 4.78 is 16.6. The van der Waals surface area contributed by atoms with Crippen LogP contribution < -0.4 is 0 Å². The highest BCUT2D eigenvalue weighted by molar-refractivity contribution is 8.01. The summed E-state index contributed by atoms with van der Waals surface area (Å²) in [6.45, 7) is 8.31. The molecule has 33 heavy (non-hydrogen) atoms. The van der Waals surface area contributed by atoms with Gasteiger partial charge in [0.15, 0.2) is 0 Å². The predicted molar refractivity (Wildman–Crippen MR) is 131 cm³/mol. The molecule has 2 aromatic carbocycles. The quantitative estimate of drug-likeness (QED) is 0.276. The van der Waals surface area contributed by atoms with E-state index in [1.165, 1.54) is 12.1 Å². The number of rotatable bonds is 5. The van der Waals surface area contributed by atoms with Crippen LogP contribution in [0, 0.1) is 19.7 Å². The van der Waals surface area contributed by atoms with E-state index in [9.17, 15) is 4.39 Å². The van der Waals surface area contributed by atoms with Crippen LogP contribution in [0.5, 0.6) is 0 Å². The molecule has 0 N–H and O–H groups in total. The van der Waals surface area contributed by atoms with E-state index in [-0.39, 0.29) is 12.0 Å². The second-order valence-corrected chi connectivity index (χ2v) is 10.7. The van der Waals surface area contributed by atoms with Gasteiger partial charge in [0.1, 0.15) is 5.82 Å². The largest absolute Gasteiger partial charge is 0.373 e. The molecule has 0 radical (unpaired) electrons. The van der Waals surface area contributed by atoms with Crippen molar-refractivity contribution in [2.75, 3.05) is 0 Å². The maximum Gasteiger partial charge on any atom is 0.373 e. The van der Waals surface area contributed by atoms with E-state index in [0.29, 0.717) is 10.3 Å². The number of nitrogens with zero attached hydrogens (tertiary/aromatic N) is 3. The molecular weight excluding hydrogens is 481 g/mol. The summed E-state index contributed by atoms with van der Waals surface area (Å²) in [4.78, 5) is 21.2. The molecule has 0 atom stereocenters. The van der Waals surface area contributed by atoms with Crippen LogP contribution in [0.1, 0.15) is 25.1 Å². The Morgan fingerprint density at radius 2 is 1.85 bits per heavy atom. The van der Waals surface area contributed by atoms with Crippen LogP contribution in [0.25, 0.3) is 27.5 Å². The van der Waals surface area contributed by atoms with Crippen LogP contribution >= 0.6 is 34.7 Å². The lowest BCUT2D eigenvalue weighted by atomic mass is 10.1. The highest BCUT2D eigenvalue weighted by Gasteiger charge is 2.19. The van der Waals surface area contributed by atoms with Crippen LogP contribution in [0.3, 0.4) is 0 Å². The molecule has 0 aliphatic rings. The van der Waals surface area contributed by atoms with Gasteiger partial charge in [-0.2, -0.15) is 14.7 Å². The Morgan fingerprint density at radius 1 is 1.12 bits per heavy atom. The van der Waals surface area contributed by atoms with Crippen LogP contribution in [-0.2, 0) is 9.59 Å². The minimum Gasteiger partial charge on any atom is -0.217 e. The van der Waals surface area contributed by atoms with Gasteiger partial charge in [-0.25, -0.2) is 14.1 Å². The average molecular weight is 502 g/mol. The predicted octanol–water partition coefficient (Wildman–Crippen LogP) is 6.99. The van der Waals surface area contributed by atoms with E-state index >= 15 is 0 Å². The van der Waals surface area contributed by atoms with E-state index in [2.05, 4.69) is 18.9 Å². The molecule has 0 unspecified atom stereocenters. The first kappa shape index (κ1) is 24.9. The maximum atomic E-state index is 13.7. The Hall–Kier alpha value is -2.77. The van der Waals surface area contributed by atoms with Crippen LogP contribution in [0.4, 0.5) is 4.39 Å². The minimum atomic E-state index is -0.259. The van der Waals surface area contributed by atoms with E-state index in [4.69, 9.17) is 26.2 Å². The van der Waals surface area contributed by atoms with Gasteiger partial charge in [-0.3, -0.25) is 0 Å². The number of halogens is 2. The van der Waals surface area contributed by atoms with Crippen LogP contribution in [0.2, 0.25) is 5.02 Å². The standard InChI is InChI=1S/C23H21ClFN3S2.CO2/c1-13(2)29-22-21(19-9-8-17(24)10-14(19)3)26-23(30-22)28-12-20(15(4)27-28)16-6-5-7-18(25)11-16;2-1-3/h5-13H,1-4H3;. The van der Waals surface area contributed by atoms with Gasteiger partial charge in [0.25, 0.3) is 0 Å². The Morgan fingerprint density at radius 3 is 2.48 bits per heavy atom. The van der Waals surface area contributed by atoms with Crippen molar-refractivity contribution in [3.05, 3.63) is 70.8 Å². The monoisotopic (exact) mass is 501 g/mol. The maximum absolute atomic E-state index is 13.7. The zero-order valence-corrected chi connectivity index (χ0v) is 20.8. The van der Waals surface area contributed by atoms with Crippen molar-refractivity contribution in [2.45, 2.75) is 37.2 Å². The normalized spacial score (nSPS) is 10.6. The van der Waals surface area contributed by atoms with Crippen molar-refractivity contribution in [3.8, 4) is 27.5 Å². The number of hydrogen-bond donors (Lipinski definition) is 0. The number of aryl methyl sites for hydroxylation is 2. The van der Waals surface area contributed by atoms with Crippen molar-refractivity contribution in [1.29, 1.82) is 0 Å². The fourth-order valence-electron chi connectivity index (χ4n) is 3.25. The zero-order chi connectivity index (χ0) is 24.1. The molecule has 0 aliphatic carbocycles. The lowest BCUT2D eigenvalue weighted by molar-refractivity contribution is -0.191. The summed E-state index contributed by atoms with van der Waals surface area (Å²) in [6, 6.07) is 12.4. The number of thioether (sulfide) groups is 1. The summed E-state index contributed by atoms with van der Waals surface area (Å²) in [6.07, 6.45) is 2.17. The SMILES string of the molecule is Cc1cc(Cl)ccc1-c1nc(-n2cc(-c3cccc(F)c3)c(C)n2)sc1SC(C)C.O=C=O. The van der Waals surface area contributed by atoms with E-state index < -0.39 is 0 Å². The van der Waals surface area contributed by atoms with Crippen LogP contribution in [-0.4, -0.2) is 26.2 Å². The summed E-state index contributed by atoms with van der Waals surface area (Å²) in [5, 5.41) is 6.59. The second kappa shape index (κ2) is 10.9. The average Bonchev–Trinajstić information content (AvgIpc) is 3.32. The molecular formula is C24H21ClFN3O2S2. The lowest BCUT2D eigenvalue weighted by Gasteiger charge is -2.07. The molecule has 0 fully saturated rings. The van der Waals surface area contributed by atoms with Gasteiger partial charge in [0.05, 0.1) is 15.6 Å². The number of aromatic nitrogens is 3. The summed E-state index contributed by atoms with van der Waals surface area (Å²) >= 11 is 9.56. The molecule has 0 saturated carbocycles. The van der Waals surface area contributed by atoms with Crippen molar-refractivity contribution >= 4 is 40.9 Å². The van der Waals surface area contributed by atoms with E-state index in [0.717, 1.165) is 43.0 Å². The van der Waals surface area contributed by atoms with Crippen molar-refractivity contribution in [2.24, 2.45) is 0 Å². The third-order valence-electron chi connectivity index (χ3n) is 4.60. The van der Waals surface area contributed by atoms with Gasteiger partial charge in [-0.05, 0) is 49.2 Å². The molecule has 0 bridgehead atoms. The fraction of sp³-hybridized carbons (Fsp3) is 0.208. The smallest absolute Gasteiger partial charge is 0.217 e. The van der Waals surface area contributed by atoms with Gasteiger partial charge >= 0.3 is 6.15 Å². The Balaban J connectivity index is 0.000000968. The highest BCUT2D eigenvalue weighted by atomic mass is 35.5. The molecule has 0 aliphatic heterocycles. The fourth-order valence-corrected chi connectivity index (χ4v) is 5.91. The molecule has 4 rings (SSSR count). The number of hydrogen-bond acceptors (Lipinski definition) is 6. The Labute approximate surface area is 204 Å². The van der Waals surface area contributed by atoms with Gasteiger partial charge in [-0.15, -0.1) is 11.8 Å².